The van der Waals surface area contributed by atoms with Crippen molar-refractivity contribution in [1.29, 1.82) is 0 Å². The zero-order chi connectivity index (χ0) is 14.2. The van der Waals surface area contributed by atoms with Crippen molar-refractivity contribution in [2.75, 3.05) is 0 Å². The van der Waals surface area contributed by atoms with Crippen LogP contribution in [-0.2, 0) is 4.79 Å². The van der Waals surface area contributed by atoms with Crippen LogP contribution in [-0.4, -0.2) is 29.1 Å². The Bertz CT molecular complexity index is 340. The summed E-state index contributed by atoms with van der Waals surface area (Å²) in [5.41, 5.74) is 0.273. The number of hydrogen-bond donors (Lipinski definition) is 1. The molecule has 0 spiro atoms. The molecule has 4 atom stereocenters. The average Bonchev–Trinajstić information content (AvgIpc) is 2.87. The van der Waals surface area contributed by atoms with Crippen LogP contribution in [0.4, 0.5) is 0 Å². The zero-order valence-corrected chi connectivity index (χ0v) is 13.2. The summed E-state index contributed by atoms with van der Waals surface area (Å²) in [6, 6.07) is 0.456. The summed E-state index contributed by atoms with van der Waals surface area (Å²) in [4.78, 5) is 15.0. The second-order valence-electron chi connectivity index (χ2n) is 7.10. The number of amides is 1. The summed E-state index contributed by atoms with van der Waals surface area (Å²) >= 11 is 0. The molecule has 1 aliphatic carbocycles. The van der Waals surface area contributed by atoms with Crippen LogP contribution in [0.15, 0.2) is 0 Å². The molecule has 1 saturated carbocycles. The minimum Gasteiger partial charge on any atom is -0.322 e. The van der Waals surface area contributed by atoms with Gasteiger partial charge < -0.3 is 4.90 Å². The van der Waals surface area contributed by atoms with Crippen LogP contribution in [0.3, 0.4) is 0 Å². The predicted octanol–water partition coefficient (Wildman–Crippen LogP) is 3.15. The van der Waals surface area contributed by atoms with E-state index in [0.29, 0.717) is 17.9 Å². The van der Waals surface area contributed by atoms with Gasteiger partial charge in [0.25, 0.3) is 0 Å². The maximum absolute atomic E-state index is 12.8. The van der Waals surface area contributed by atoms with Crippen LogP contribution >= 0.6 is 0 Å². The molecule has 19 heavy (non-hydrogen) atoms. The molecule has 110 valence electrons. The average molecular weight is 266 g/mol. The SMILES string of the molecule is CCC(C)C1NC(CC)N(C2CCCC2(C)C)C1=O. The molecular formula is C16H30N2O. The highest BCUT2D eigenvalue weighted by Crippen LogP contribution is 2.42. The van der Waals surface area contributed by atoms with E-state index in [0.717, 1.165) is 12.8 Å². The fraction of sp³-hybridized carbons (Fsp3) is 0.938. The number of carbonyl (C=O) groups is 1. The normalized spacial score (nSPS) is 35.9. The van der Waals surface area contributed by atoms with Gasteiger partial charge in [-0.1, -0.05) is 47.5 Å². The van der Waals surface area contributed by atoms with Gasteiger partial charge in [0.2, 0.25) is 5.91 Å². The van der Waals surface area contributed by atoms with Crippen molar-refractivity contribution in [1.82, 2.24) is 10.2 Å². The maximum atomic E-state index is 12.8. The standard InChI is InChI=1S/C16H30N2O/c1-6-11(3)14-15(19)18(13(7-2)17-14)12-9-8-10-16(12,4)5/h11-14,17H,6-10H2,1-5H3. The fourth-order valence-electron chi connectivity index (χ4n) is 3.83. The lowest BCUT2D eigenvalue weighted by molar-refractivity contribution is -0.135. The quantitative estimate of drug-likeness (QED) is 0.848. The highest BCUT2D eigenvalue weighted by molar-refractivity contribution is 5.85. The summed E-state index contributed by atoms with van der Waals surface area (Å²) in [6.45, 7) is 11.2. The molecule has 1 N–H and O–H groups in total. The van der Waals surface area contributed by atoms with Crippen molar-refractivity contribution < 1.29 is 4.79 Å². The minimum absolute atomic E-state index is 0.0337. The van der Waals surface area contributed by atoms with E-state index in [4.69, 9.17) is 0 Å². The number of nitrogens with one attached hydrogen (secondary N) is 1. The summed E-state index contributed by atoms with van der Waals surface area (Å²) in [6.07, 6.45) is 5.98. The largest absolute Gasteiger partial charge is 0.322 e. The van der Waals surface area contributed by atoms with E-state index in [2.05, 4.69) is 44.8 Å². The molecule has 3 heteroatoms. The molecule has 0 aromatic carbocycles. The molecule has 2 rings (SSSR count). The highest BCUT2D eigenvalue weighted by Gasteiger charge is 2.49. The molecule has 2 aliphatic rings. The van der Waals surface area contributed by atoms with E-state index in [-0.39, 0.29) is 17.6 Å². The van der Waals surface area contributed by atoms with Gasteiger partial charge in [-0.05, 0) is 30.6 Å². The van der Waals surface area contributed by atoms with E-state index in [1.807, 2.05) is 0 Å². The first-order chi connectivity index (χ1) is 8.92. The third-order valence-electron chi connectivity index (χ3n) is 5.36. The lowest BCUT2D eigenvalue weighted by Crippen LogP contribution is -2.48. The fourth-order valence-corrected chi connectivity index (χ4v) is 3.83. The van der Waals surface area contributed by atoms with Gasteiger partial charge in [0.05, 0.1) is 12.2 Å². The Balaban J connectivity index is 2.21. The van der Waals surface area contributed by atoms with Gasteiger partial charge in [-0.3, -0.25) is 10.1 Å². The monoisotopic (exact) mass is 266 g/mol. The second kappa shape index (κ2) is 5.43. The molecule has 0 aromatic rings. The Labute approximate surface area is 118 Å². The van der Waals surface area contributed by atoms with Gasteiger partial charge in [-0.2, -0.15) is 0 Å². The number of nitrogens with zero attached hydrogens (tertiary/aromatic N) is 1. The Morgan fingerprint density at radius 1 is 1.42 bits per heavy atom. The van der Waals surface area contributed by atoms with E-state index < -0.39 is 0 Å². The first-order valence-corrected chi connectivity index (χ1v) is 8.00. The van der Waals surface area contributed by atoms with Crippen molar-refractivity contribution in [3.63, 3.8) is 0 Å². The van der Waals surface area contributed by atoms with Crippen molar-refractivity contribution in [3.05, 3.63) is 0 Å². The van der Waals surface area contributed by atoms with Crippen LogP contribution in [0.25, 0.3) is 0 Å². The Morgan fingerprint density at radius 2 is 2.11 bits per heavy atom. The summed E-state index contributed by atoms with van der Waals surface area (Å²) in [5.74, 6) is 0.775. The molecule has 1 saturated heterocycles. The van der Waals surface area contributed by atoms with Gasteiger partial charge >= 0.3 is 0 Å². The minimum atomic E-state index is 0.0337. The predicted molar refractivity (Wildman–Crippen MR) is 78.7 cm³/mol. The van der Waals surface area contributed by atoms with Crippen LogP contribution in [0.2, 0.25) is 0 Å². The molecule has 1 amide bonds. The summed E-state index contributed by atoms with van der Waals surface area (Å²) in [5, 5.41) is 3.58. The topological polar surface area (TPSA) is 32.3 Å². The molecule has 2 fully saturated rings. The lowest BCUT2D eigenvalue weighted by atomic mass is 9.86. The Morgan fingerprint density at radius 3 is 2.58 bits per heavy atom. The Hall–Kier alpha value is -0.570. The first kappa shape index (κ1) is 14.8. The lowest BCUT2D eigenvalue weighted by Gasteiger charge is -2.38. The molecule has 3 nitrogen and oxygen atoms in total. The van der Waals surface area contributed by atoms with E-state index >= 15 is 0 Å². The van der Waals surface area contributed by atoms with Gasteiger partial charge in [-0.25, -0.2) is 0 Å². The second-order valence-corrected chi connectivity index (χ2v) is 7.10. The van der Waals surface area contributed by atoms with Crippen LogP contribution < -0.4 is 5.32 Å². The summed E-state index contributed by atoms with van der Waals surface area (Å²) < 4.78 is 0. The molecule has 0 bridgehead atoms. The zero-order valence-electron chi connectivity index (χ0n) is 13.2. The van der Waals surface area contributed by atoms with Crippen molar-refractivity contribution in [3.8, 4) is 0 Å². The molecule has 4 unspecified atom stereocenters. The van der Waals surface area contributed by atoms with E-state index in [1.54, 1.807) is 0 Å². The van der Waals surface area contributed by atoms with Crippen molar-refractivity contribution in [2.24, 2.45) is 11.3 Å². The van der Waals surface area contributed by atoms with Gasteiger partial charge in [0, 0.05) is 6.04 Å². The van der Waals surface area contributed by atoms with Gasteiger partial charge in [0.15, 0.2) is 0 Å². The van der Waals surface area contributed by atoms with Crippen LogP contribution in [0.5, 0.6) is 0 Å². The molecule has 1 heterocycles. The Kier molecular flexibility index (Phi) is 4.24. The van der Waals surface area contributed by atoms with Crippen LogP contribution in [0.1, 0.15) is 66.7 Å². The highest BCUT2D eigenvalue weighted by atomic mass is 16.2. The van der Waals surface area contributed by atoms with Gasteiger partial charge in [0.1, 0.15) is 0 Å². The number of hydrogen-bond acceptors (Lipinski definition) is 2. The van der Waals surface area contributed by atoms with Crippen LogP contribution in [0, 0.1) is 11.3 Å². The molecule has 1 aliphatic heterocycles. The van der Waals surface area contributed by atoms with Crippen molar-refractivity contribution >= 4 is 5.91 Å². The third-order valence-corrected chi connectivity index (χ3v) is 5.36. The molecular weight excluding hydrogens is 236 g/mol. The maximum Gasteiger partial charge on any atom is 0.241 e. The van der Waals surface area contributed by atoms with E-state index in [9.17, 15) is 4.79 Å². The molecule has 0 aromatic heterocycles. The van der Waals surface area contributed by atoms with Crippen molar-refractivity contribution in [2.45, 2.75) is 85.0 Å². The smallest absolute Gasteiger partial charge is 0.241 e. The van der Waals surface area contributed by atoms with E-state index in [1.165, 1.54) is 19.3 Å². The number of rotatable bonds is 4. The first-order valence-electron chi connectivity index (χ1n) is 8.00. The number of carbonyl (C=O) groups excluding carboxylic acids is 1. The third kappa shape index (κ3) is 2.54. The summed E-state index contributed by atoms with van der Waals surface area (Å²) in [7, 11) is 0. The van der Waals surface area contributed by atoms with Gasteiger partial charge in [-0.15, -0.1) is 0 Å². The molecule has 0 radical (unpaired) electrons.